The van der Waals surface area contributed by atoms with Crippen LogP contribution >= 0.6 is 0 Å². The van der Waals surface area contributed by atoms with Gasteiger partial charge in [-0.15, -0.1) is 0 Å². The van der Waals surface area contributed by atoms with E-state index in [9.17, 15) is 9.90 Å². The predicted molar refractivity (Wildman–Crippen MR) is 156 cm³/mol. The summed E-state index contributed by atoms with van der Waals surface area (Å²) in [5.41, 5.74) is 3.19. The number of aryl methyl sites for hydroxylation is 1. The topological polar surface area (TPSA) is 61.6 Å². The molecule has 39 heavy (non-hydrogen) atoms. The number of likely N-dealkylation sites (tertiary alicyclic amines) is 1. The van der Waals surface area contributed by atoms with Crippen molar-refractivity contribution in [2.75, 3.05) is 26.2 Å². The average molecular weight is 529 g/mol. The fraction of sp³-hybridized carbons (Fsp3) is 0.576. The first-order valence-corrected chi connectivity index (χ1v) is 15.0. The Kier molecular flexibility index (Phi) is 7.05. The summed E-state index contributed by atoms with van der Waals surface area (Å²) in [6.45, 7) is 8.40. The summed E-state index contributed by atoms with van der Waals surface area (Å²) in [7, 11) is 0. The van der Waals surface area contributed by atoms with Gasteiger partial charge in [0.05, 0.1) is 23.1 Å². The molecule has 2 aromatic carbocycles. The minimum absolute atomic E-state index is 0.0779. The molecular formula is C33H44N4O2. The molecular weight excluding hydrogens is 484 g/mol. The fourth-order valence-electron chi connectivity index (χ4n) is 7.90. The lowest BCUT2D eigenvalue weighted by atomic mass is 9.70. The summed E-state index contributed by atoms with van der Waals surface area (Å²) < 4.78 is 2.52. The Morgan fingerprint density at radius 2 is 1.62 bits per heavy atom. The van der Waals surface area contributed by atoms with Gasteiger partial charge in [0, 0.05) is 31.2 Å². The molecule has 1 unspecified atom stereocenters. The minimum atomic E-state index is -0.713. The van der Waals surface area contributed by atoms with Crippen molar-refractivity contribution in [1.82, 2.24) is 19.4 Å². The molecule has 0 aliphatic carbocycles. The fourth-order valence-corrected chi connectivity index (χ4v) is 7.90. The zero-order chi connectivity index (χ0) is 27.2. The number of rotatable bonds is 7. The van der Waals surface area contributed by atoms with Crippen LogP contribution in [0.15, 0.2) is 54.6 Å². The zero-order valence-corrected chi connectivity index (χ0v) is 23.9. The maximum absolute atomic E-state index is 13.1. The highest BCUT2D eigenvalue weighted by Crippen LogP contribution is 2.45. The van der Waals surface area contributed by atoms with Gasteiger partial charge < -0.3 is 14.6 Å². The van der Waals surface area contributed by atoms with Crippen molar-refractivity contribution in [2.24, 2.45) is 5.41 Å². The first-order chi connectivity index (χ1) is 18.8. The number of fused-ring (bicyclic) bond motifs is 3. The van der Waals surface area contributed by atoms with Crippen molar-refractivity contribution in [2.45, 2.75) is 89.3 Å². The molecule has 3 aromatic rings. The van der Waals surface area contributed by atoms with E-state index in [0.29, 0.717) is 18.1 Å². The highest BCUT2D eigenvalue weighted by Gasteiger charge is 2.45. The van der Waals surface area contributed by atoms with E-state index in [4.69, 9.17) is 4.98 Å². The molecule has 208 valence electrons. The highest BCUT2D eigenvalue weighted by molar-refractivity contribution is 5.82. The molecule has 1 aromatic heterocycles. The van der Waals surface area contributed by atoms with Crippen LogP contribution in [0, 0.1) is 12.3 Å². The number of amides is 1. The molecule has 3 aliphatic heterocycles. The van der Waals surface area contributed by atoms with Crippen LogP contribution in [0.25, 0.3) is 11.0 Å². The lowest BCUT2D eigenvalue weighted by molar-refractivity contribution is -0.144. The molecule has 6 nitrogen and oxygen atoms in total. The number of aliphatic hydroxyl groups is 1. The van der Waals surface area contributed by atoms with Crippen LogP contribution in [0.3, 0.4) is 0 Å². The summed E-state index contributed by atoms with van der Waals surface area (Å²) in [5.74, 6) is 1.22. The first kappa shape index (κ1) is 26.5. The number of aromatic nitrogens is 2. The van der Waals surface area contributed by atoms with Gasteiger partial charge in [0.1, 0.15) is 5.82 Å². The third-order valence-electron chi connectivity index (χ3n) is 10.2. The lowest BCUT2D eigenvalue weighted by Gasteiger charge is -2.46. The molecule has 3 atom stereocenters. The Bertz CT molecular complexity index is 1290. The SMILES string of the molecule is Cc1nc2ccccc2n1C1C[C@H]2CC[C@@H](C1)N2CCC1(c2ccccc2)CCN(C(=O)C(C)(C)CO)CC1. The number of piperidine rings is 2. The van der Waals surface area contributed by atoms with Crippen LogP contribution < -0.4 is 0 Å². The quantitative estimate of drug-likeness (QED) is 0.441. The normalized spacial score (nSPS) is 25.3. The van der Waals surface area contributed by atoms with Crippen molar-refractivity contribution >= 4 is 16.9 Å². The van der Waals surface area contributed by atoms with Crippen LogP contribution in [0.1, 0.15) is 76.2 Å². The molecule has 0 spiro atoms. The largest absolute Gasteiger partial charge is 0.395 e. The van der Waals surface area contributed by atoms with Gasteiger partial charge in [0.25, 0.3) is 0 Å². The first-order valence-electron chi connectivity index (χ1n) is 15.0. The van der Waals surface area contributed by atoms with Gasteiger partial charge >= 0.3 is 0 Å². The molecule has 1 amide bonds. The van der Waals surface area contributed by atoms with Crippen molar-refractivity contribution in [3.63, 3.8) is 0 Å². The molecule has 1 N–H and O–H groups in total. The number of aliphatic hydroxyl groups excluding tert-OH is 1. The number of para-hydroxylation sites is 2. The number of hydrogen-bond donors (Lipinski definition) is 1. The predicted octanol–water partition coefficient (Wildman–Crippen LogP) is 5.48. The van der Waals surface area contributed by atoms with Crippen LogP contribution in [-0.4, -0.2) is 68.7 Å². The Morgan fingerprint density at radius 1 is 0.974 bits per heavy atom. The Labute approximate surface area is 233 Å². The van der Waals surface area contributed by atoms with E-state index in [0.717, 1.165) is 50.2 Å². The maximum Gasteiger partial charge on any atom is 0.230 e. The summed E-state index contributed by atoms with van der Waals surface area (Å²) in [6.07, 6.45) is 8.09. The second kappa shape index (κ2) is 10.4. The molecule has 2 bridgehead atoms. The third kappa shape index (κ3) is 4.80. The van der Waals surface area contributed by atoms with E-state index < -0.39 is 5.41 Å². The van der Waals surface area contributed by atoms with Crippen LogP contribution in [0.2, 0.25) is 0 Å². The van der Waals surface area contributed by atoms with E-state index in [2.05, 4.69) is 71.0 Å². The Morgan fingerprint density at radius 3 is 2.28 bits per heavy atom. The number of nitrogens with zero attached hydrogens (tertiary/aromatic N) is 4. The maximum atomic E-state index is 13.1. The second-order valence-corrected chi connectivity index (χ2v) is 13.0. The van der Waals surface area contributed by atoms with Gasteiger partial charge in [0.15, 0.2) is 0 Å². The van der Waals surface area contributed by atoms with E-state index in [-0.39, 0.29) is 17.9 Å². The van der Waals surface area contributed by atoms with E-state index in [1.807, 2.05) is 18.7 Å². The smallest absolute Gasteiger partial charge is 0.230 e. The van der Waals surface area contributed by atoms with E-state index in [1.54, 1.807) is 0 Å². The van der Waals surface area contributed by atoms with Gasteiger partial charge in [-0.1, -0.05) is 42.5 Å². The number of benzene rings is 2. The molecule has 6 heteroatoms. The number of imidazole rings is 1. The minimum Gasteiger partial charge on any atom is -0.395 e. The van der Waals surface area contributed by atoms with Gasteiger partial charge in [-0.2, -0.15) is 0 Å². The van der Waals surface area contributed by atoms with Gasteiger partial charge in [0.2, 0.25) is 5.91 Å². The number of carbonyl (C=O) groups excluding carboxylic acids is 1. The molecule has 3 aliphatic rings. The molecule has 0 saturated carbocycles. The van der Waals surface area contributed by atoms with Crippen molar-refractivity contribution in [3.05, 3.63) is 66.0 Å². The van der Waals surface area contributed by atoms with Crippen molar-refractivity contribution in [3.8, 4) is 0 Å². The van der Waals surface area contributed by atoms with E-state index >= 15 is 0 Å². The zero-order valence-electron chi connectivity index (χ0n) is 23.9. The van der Waals surface area contributed by atoms with Gasteiger partial charge in [-0.25, -0.2) is 4.98 Å². The van der Waals surface area contributed by atoms with E-state index in [1.165, 1.54) is 36.8 Å². The molecule has 3 fully saturated rings. The third-order valence-corrected chi connectivity index (χ3v) is 10.2. The van der Waals surface area contributed by atoms with Crippen LogP contribution in [-0.2, 0) is 10.2 Å². The van der Waals surface area contributed by atoms with Crippen molar-refractivity contribution < 1.29 is 9.90 Å². The number of hydrogen-bond acceptors (Lipinski definition) is 4. The van der Waals surface area contributed by atoms with Crippen LogP contribution in [0.5, 0.6) is 0 Å². The highest BCUT2D eigenvalue weighted by atomic mass is 16.3. The second-order valence-electron chi connectivity index (χ2n) is 13.0. The van der Waals surface area contributed by atoms with Gasteiger partial charge in [-0.05, 0) is 95.4 Å². The lowest BCUT2D eigenvalue weighted by Crippen LogP contribution is -2.51. The van der Waals surface area contributed by atoms with Crippen LogP contribution in [0.4, 0.5) is 0 Å². The summed E-state index contributed by atoms with van der Waals surface area (Å²) in [4.78, 5) is 22.8. The standard InChI is InChI=1S/C33H44N4O2/c1-24-34-29-11-7-8-12-30(29)37(24)28-21-26-13-14-27(22-28)36(26)20-17-33(25-9-5-4-6-10-25)15-18-35(19-16-33)31(39)32(2,3)23-38/h4-12,26-28,38H,13-23H2,1-3H3/t26-,27+,28?. The molecule has 0 radical (unpaired) electrons. The molecule has 6 rings (SSSR count). The Balaban J connectivity index is 1.17. The van der Waals surface area contributed by atoms with Gasteiger partial charge in [-0.3, -0.25) is 9.69 Å². The average Bonchev–Trinajstić information content (AvgIpc) is 3.42. The summed E-state index contributed by atoms with van der Waals surface area (Å²) in [6, 6.07) is 21.4. The summed E-state index contributed by atoms with van der Waals surface area (Å²) >= 11 is 0. The number of carbonyl (C=O) groups is 1. The monoisotopic (exact) mass is 528 g/mol. The van der Waals surface area contributed by atoms with Crippen molar-refractivity contribution in [1.29, 1.82) is 0 Å². The molecule has 4 heterocycles. The summed E-state index contributed by atoms with van der Waals surface area (Å²) in [5, 5.41) is 9.75. The Hall–Kier alpha value is -2.70. The molecule has 3 saturated heterocycles.